The normalized spacial score (nSPS) is 10.3. The zero-order valence-corrected chi connectivity index (χ0v) is 11.4. The van der Waals surface area contributed by atoms with Crippen molar-refractivity contribution in [2.45, 2.75) is 0 Å². The van der Waals surface area contributed by atoms with Gasteiger partial charge in [0.05, 0.1) is 22.8 Å². The molecule has 0 saturated carbocycles. The van der Waals surface area contributed by atoms with Crippen molar-refractivity contribution in [1.29, 1.82) is 0 Å². The van der Waals surface area contributed by atoms with Crippen LogP contribution in [0.15, 0.2) is 30.3 Å². The Morgan fingerprint density at radius 3 is 2.42 bits per heavy atom. The molecular weight excluding hydrogens is 292 g/mol. The van der Waals surface area contributed by atoms with Gasteiger partial charge in [-0.3, -0.25) is 0 Å². The van der Waals surface area contributed by atoms with Gasteiger partial charge in [0.1, 0.15) is 11.5 Å². The van der Waals surface area contributed by atoms with E-state index in [1.807, 2.05) is 0 Å². The van der Waals surface area contributed by atoms with E-state index in [0.29, 0.717) is 21.5 Å². The van der Waals surface area contributed by atoms with Crippen LogP contribution in [0, 0.1) is 5.82 Å². The van der Waals surface area contributed by atoms with E-state index >= 15 is 0 Å². The zero-order chi connectivity index (χ0) is 14.0. The molecule has 0 saturated heterocycles. The summed E-state index contributed by atoms with van der Waals surface area (Å²) in [6.07, 6.45) is 0. The Balaban J connectivity index is 2.34. The Bertz CT molecular complexity index is 620. The van der Waals surface area contributed by atoms with Gasteiger partial charge in [-0.05, 0) is 12.1 Å². The van der Waals surface area contributed by atoms with Crippen molar-refractivity contribution < 1.29 is 13.9 Å². The van der Waals surface area contributed by atoms with Gasteiger partial charge in [-0.15, -0.1) is 0 Å². The highest BCUT2D eigenvalue weighted by Crippen LogP contribution is 2.34. The number of nitrogen functional groups attached to an aromatic ring is 1. The Kier molecular flexibility index (Phi) is 4.02. The standard InChI is InChI=1S/C13H10Cl2FNO2/c1-18-13-6-12(10(16)5-11(13)17)19-7-2-3-8(14)9(15)4-7/h2-6H,17H2,1H3. The lowest BCUT2D eigenvalue weighted by atomic mass is 10.2. The molecule has 0 aliphatic heterocycles. The molecule has 2 aromatic rings. The first-order valence-electron chi connectivity index (χ1n) is 5.27. The predicted octanol–water partition coefficient (Wildman–Crippen LogP) is 4.52. The first-order chi connectivity index (χ1) is 9.01. The van der Waals surface area contributed by atoms with E-state index in [2.05, 4.69) is 0 Å². The van der Waals surface area contributed by atoms with Crippen LogP contribution in [0.3, 0.4) is 0 Å². The molecule has 0 aliphatic rings. The molecule has 2 rings (SSSR count). The van der Waals surface area contributed by atoms with Crippen molar-refractivity contribution in [2.24, 2.45) is 0 Å². The van der Waals surface area contributed by atoms with Gasteiger partial charge in [-0.25, -0.2) is 4.39 Å². The third-order valence-corrected chi connectivity index (χ3v) is 3.14. The third-order valence-electron chi connectivity index (χ3n) is 2.40. The fraction of sp³-hybridized carbons (Fsp3) is 0.0769. The summed E-state index contributed by atoms with van der Waals surface area (Å²) < 4.78 is 24.1. The van der Waals surface area contributed by atoms with E-state index in [4.69, 9.17) is 38.4 Å². The Morgan fingerprint density at radius 1 is 1.05 bits per heavy atom. The monoisotopic (exact) mass is 301 g/mol. The summed E-state index contributed by atoms with van der Waals surface area (Å²) in [5, 5.41) is 0.714. The second kappa shape index (κ2) is 5.55. The molecule has 0 aromatic heterocycles. The fourth-order valence-corrected chi connectivity index (χ4v) is 1.76. The lowest BCUT2D eigenvalue weighted by Crippen LogP contribution is -1.96. The minimum Gasteiger partial charge on any atom is -0.494 e. The van der Waals surface area contributed by atoms with Gasteiger partial charge in [0.15, 0.2) is 11.6 Å². The molecule has 0 fully saturated rings. The minimum atomic E-state index is -0.593. The molecule has 19 heavy (non-hydrogen) atoms. The molecule has 2 aromatic carbocycles. The number of benzene rings is 2. The summed E-state index contributed by atoms with van der Waals surface area (Å²) in [5.41, 5.74) is 5.77. The maximum absolute atomic E-state index is 13.7. The van der Waals surface area contributed by atoms with Crippen molar-refractivity contribution in [3.05, 3.63) is 46.2 Å². The van der Waals surface area contributed by atoms with E-state index < -0.39 is 5.82 Å². The van der Waals surface area contributed by atoms with Crippen molar-refractivity contribution in [2.75, 3.05) is 12.8 Å². The van der Waals surface area contributed by atoms with Gasteiger partial charge in [0, 0.05) is 18.2 Å². The first kappa shape index (κ1) is 13.8. The average molecular weight is 302 g/mol. The number of hydrogen-bond acceptors (Lipinski definition) is 3. The number of methoxy groups -OCH3 is 1. The molecule has 0 spiro atoms. The SMILES string of the molecule is COc1cc(Oc2ccc(Cl)c(Cl)c2)c(F)cc1N. The van der Waals surface area contributed by atoms with Crippen LogP contribution in [-0.2, 0) is 0 Å². The number of ether oxygens (including phenoxy) is 2. The van der Waals surface area contributed by atoms with Crippen molar-refractivity contribution >= 4 is 28.9 Å². The third kappa shape index (κ3) is 3.03. The van der Waals surface area contributed by atoms with Gasteiger partial charge < -0.3 is 15.2 Å². The Hall–Kier alpha value is -1.65. The number of hydrogen-bond donors (Lipinski definition) is 1. The molecule has 0 atom stereocenters. The number of anilines is 1. The van der Waals surface area contributed by atoms with Crippen LogP contribution in [-0.4, -0.2) is 7.11 Å². The summed E-state index contributed by atoms with van der Waals surface area (Å²) in [5.74, 6) is 0.0883. The quantitative estimate of drug-likeness (QED) is 0.848. The Morgan fingerprint density at radius 2 is 1.79 bits per heavy atom. The Labute approximate surface area is 119 Å². The van der Waals surface area contributed by atoms with Gasteiger partial charge in [0.2, 0.25) is 0 Å². The van der Waals surface area contributed by atoms with Gasteiger partial charge in [-0.2, -0.15) is 0 Å². The van der Waals surface area contributed by atoms with Crippen molar-refractivity contribution in [3.8, 4) is 17.2 Å². The molecule has 2 N–H and O–H groups in total. The zero-order valence-electron chi connectivity index (χ0n) is 9.91. The molecule has 0 aliphatic carbocycles. The van der Waals surface area contributed by atoms with Crippen LogP contribution in [0.1, 0.15) is 0 Å². The van der Waals surface area contributed by atoms with Crippen molar-refractivity contribution in [3.63, 3.8) is 0 Å². The molecule has 0 amide bonds. The molecule has 0 bridgehead atoms. The highest BCUT2D eigenvalue weighted by molar-refractivity contribution is 6.42. The van der Waals surface area contributed by atoms with Crippen molar-refractivity contribution in [1.82, 2.24) is 0 Å². The van der Waals surface area contributed by atoms with E-state index in [1.54, 1.807) is 12.1 Å². The predicted molar refractivity (Wildman–Crippen MR) is 73.9 cm³/mol. The van der Waals surface area contributed by atoms with Crippen LogP contribution >= 0.6 is 23.2 Å². The fourth-order valence-electron chi connectivity index (χ4n) is 1.47. The van der Waals surface area contributed by atoms with E-state index in [0.717, 1.165) is 6.07 Å². The van der Waals surface area contributed by atoms with Gasteiger partial charge in [0.25, 0.3) is 0 Å². The van der Waals surface area contributed by atoms with E-state index in [9.17, 15) is 4.39 Å². The minimum absolute atomic E-state index is 0.00978. The maximum Gasteiger partial charge on any atom is 0.168 e. The van der Waals surface area contributed by atoms with Crippen LogP contribution in [0.4, 0.5) is 10.1 Å². The maximum atomic E-state index is 13.7. The summed E-state index contributed by atoms with van der Waals surface area (Å²) in [6, 6.07) is 7.13. The van der Waals surface area contributed by atoms with Gasteiger partial charge >= 0.3 is 0 Å². The number of nitrogens with two attached hydrogens (primary N) is 1. The molecule has 3 nitrogen and oxygen atoms in total. The molecule has 100 valence electrons. The molecular formula is C13H10Cl2FNO2. The highest BCUT2D eigenvalue weighted by Gasteiger charge is 2.11. The summed E-state index contributed by atoms with van der Waals surface area (Å²) in [7, 11) is 1.44. The van der Waals surface area contributed by atoms with Crippen LogP contribution in [0.2, 0.25) is 10.0 Å². The molecule has 0 radical (unpaired) electrons. The van der Waals surface area contributed by atoms with Crippen LogP contribution in [0.25, 0.3) is 0 Å². The van der Waals surface area contributed by atoms with E-state index in [-0.39, 0.29) is 11.4 Å². The number of rotatable bonds is 3. The lowest BCUT2D eigenvalue weighted by molar-refractivity contribution is 0.403. The highest BCUT2D eigenvalue weighted by atomic mass is 35.5. The van der Waals surface area contributed by atoms with Gasteiger partial charge in [-0.1, -0.05) is 23.2 Å². The van der Waals surface area contributed by atoms with Crippen LogP contribution < -0.4 is 15.2 Å². The summed E-state index contributed by atoms with van der Waals surface area (Å²) in [6.45, 7) is 0. The lowest BCUT2D eigenvalue weighted by Gasteiger charge is -2.11. The second-order valence-electron chi connectivity index (χ2n) is 3.70. The topological polar surface area (TPSA) is 44.5 Å². The largest absolute Gasteiger partial charge is 0.494 e. The number of halogens is 3. The summed E-state index contributed by atoms with van der Waals surface area (Å²) in [4.78, 5) is 0. The average Bonchev–Trinajstić information content (AvgIpc) is 2.37. The smallest absolute Gasteiger partial charge is 0.168 e. The second-order valence-corrected chi connectivity index (χ2v) is 4.52. The first-order valence-corrected chi connectivity index (χ1v) is 6.02. The van der Waals surface area contributed by atoms with Crippen LogP contribution in [0.5, 0.6) is 17.2 Å². The molecule has 0 heterocycles. The van der Waals surface area contributed by atoms with E-state index in [1.165, 1.54) is 19.2 Å². The molecule has 6 heteroatoms. The summed E-state index contributed by atoms with van der Waals surface area (Å²) >= 11 is 11.6. The molecule has 0 unspecified atom stereocenters.